The second-order valence-electron chi connectivity index (χ2n) is 4.42. The van der Waals surface area contributed by atoms with Gasteiger partial charge in [0.15, 0.2) is 9.84 Å². The predicted octanol–water partition coefficient (Wildman–Crippen LogP) is 3.20. The van der Waals surface area contributed by atoms with E-state index in [4.69, 9.17) is 17.3 Å². The molecule has 0 unspecified atom stereocenters. The first kappa shape index (κ1) is 13.9. The Labute approximate surface area is 117 Å². The minimum absolute atomic E-state index is 0.150. The topological polar surface area (TPSA) is 60.2 Å². The first-order valence-electron chi connectivity index (χ1n) is 5.72. The van der Waals surface area contributed by atoms with Crippen LogP contribution in [0.2, 0.25) is 5.02 Å². The second kappa shape index (κ2) is 5.23. The van der Waals surface area contributed by atoms with Gasteiger partial charge in [0.1, 0.15) is 0 Å². The maximum Gasteiger partial charge on any atom is 0.182 e. The zero-order chi connectivity index (χ0) is 14.0. The van der Waals surface area contributed by atoms with Crippen LogP contribution in [-0.4, -0.2) is 8.42 Å². The normalized spacial score (nSPS) is 11.5. The van der Waals surface area contributed by atoms with E-state index in [9.17, 15) is 8.42 Å². The van der Waals surface area contributed by atoms with Crippen LogP contribution in [0.5, 0.6) is 0 Å². The Morgan fingerprint density at radius 3 is 2.37 bits per heavy atom. The van der Waals surface area contributed by atoms with Crippen molar-refractivity contribution in [1.82, 2.24) is 0 Å². The lowest BCUT2D eigenvalue weighted by Crippen LogP contribution is -2.07. The van der Waals surface area contributed by atoms with Crippen molar-refractivity contribution in [2.75, 3.05) is 5.73 Å². The molecule has 0 radical (unpaired) electrons. The van der Waals surface area contributed by atoms with Crippen LogP contribution < -0.4 is 5.73 Å². The highest BCUT2D eigenvalue weighted by molar-refractivity contribution is 7.90. The van der Waals surface area contributed by atoms with Crippen LogP contribution in [0.4, 0.5) is 5.69 Å². The Morgan fingerprint density at radius 1 is 1.11 bits per heavy atom. The summed E-state index contributed by atoms with van der Waals surface area (Å²) in [6.45, 7) is 1.91. The van der Waals surface area contributed by atoms with Gasteiger partial charge in [-0.25, -0.2) is 8.42 Å². The van der Waals surface area contributed by atoms with Crippen molar-refractivity contribution in [3.8, 4) is 0 Å². The van der Waals surface area contributed by atoms with Crippen molar-refractivity contribution in [1.29, 1.82) is 0 Å². The quantitative estimate of drug-likeness (QED) is 0.885. The van der Waals surface area contributed by atoms with Gasteiger partial charge in [-0.05, 0) is 42.8 Å². The molecular weight excluding hydrogens is 282 g/mol. The molecule has 0 bridgehead atoms. The first-order chi connectivity index (χ1) is 8.88. The number of nitrogen functional groups attached to an aromatic ring is 1. The molecule has 2 aromatic carbocycles. The van der Waals surface area contributed by atoms with Crippen molar-refractivity contribution in [3.63, 3.8) is 0 Å². The van der Waals surface area contributed by atoms with Crippen molar-refractivity contribution in [2.24, 2.45) is 0 Å². The molecule has 0 aliphatic heterocycles. The SMILES string of the molecule is Cc1ccc(S(=O)(=O)Cc2cc(Cl)ccc2N)cc1. The van der Waals surface area contributed by atoms with Crippen LogP contribution >= 0.6 is 11.6 Å². The predicted molar refractivity (Wildman–Crippen MR) is 77.9 cm³/mol. The van der Waals surface area contributed by atoms with Crippen LogP contribution in [-0.2, 0) is 15.6 Å². The Kier molecular flexibility index (Phi) is 3.83. The molecule has 0 aliphatic rings. The molecule has 2 N–H and O–H groups in total. The molecule has 100 valence electrons. The van der Waals surface area contributed by atoms with E-state index in [2.05, 4.69) is 0 Å². The average molecular weight is 296 g/mol. The monoisotopic (exact) mass is 295 g/mol. The van der Waals surface area contributed by atoms with Crippen LogP contribution in [0.25, 0.3) is 0 Å². The third-order valence-corrected chi connectivity index (χ3v) is 4.75. The van der Waals surface area contributed by atoms with Crippen molar-refractivity contribution >= 4 is 27.1 Å². The Hall–Kier alpha value is -1.52. The number of rotatable bonds is 3. The summed E-state index contributed by atoms with van der Waals surface area (Å²) in [5.74, 6) is -0.150. The van der Waals surface area contributed by atoms with Gasteiger partial charge in [-0.3, -0.25) is 0 Å². The summed E-state index contributed by atoms with van der Waals surface area (Å²) in [5.41, 5.74) is 7.74. The Bertz CT molecular complexity index is 694. The lowest BCUT2D eigenvalue weighted by molar-refractivity contribution is 0.595. The van der Waals surface area contributed by atoms with Crippen molar-refractivity contribution in [2.45, 2.75) is 17.6 Å². The van der Waals surface area contributed by atoms with E-state index >= 15 is 0 Å². The zero-order valence-electron chi connectivity index (χ0n) is 10.4. The number of halogens is 1. The second-order valence-corrected chi connectivity index (χ2v) is 6.84. The summed E-state index contributed by atoms with van der Waals surface area (Å²) in [6.07, 6.45) is 0. The smallest absolute Gasteiger partial charge is 0.182 e. The van der Waals surface area contributed by atoms with E-state index in [-0.39, 0.29) is 10.6 Å². The van der Waals surface area contributed by atoms with E-state index in [0.29, 0.717) is 16.3 Å². The van der Waals surface area contributed by atoms with Gasteiger partial charge in [0.25, 0.3) is 0 Å². The highest BCUT2D eigenvalue weighted by atomic mass is 35.5. The lowest BCUT2D eigenvalue weighted by Gasteiger charge is -2.08. The third kappa shape index (κ3) is 3.28. The number of sulfone groups is 1. The number of nitrogens with two attached hydrogens (primary N) is 1. The van der Waals surface area contributed by atoms with E-state index in [1.165, 1.54) is 0 Å². The molecule has 0 aromatic heterocycles. The van der Waals surface area contributed by atoms with Crippen molar-refractivity contribution < 1.29 is 8.42 Å². The van der Waals surface area contributed by atoms with Gasteiger partial charge < -0.3 is 5.73 Å². The highest BCUT2D eigenvalue weighted by Gasteiger charge is 2.16. The van der Waals surface area contributed by atoms with E-state index in [1.807, 2.05) is 6.92 Å². The summed E-state index contributed by atoms with van der Waals surface area (Å²) < 4.78 is 24.6. The molecular formula is C14H14ClNO2S. The standard InChI is InChI=1S/C14H14ClNO2S/c1-10-2-5-13(6-3-10)19(17,18)9-11-8-12(15)4-7-14(11)16/h2-8H,9,16H2,1H3. The van der Waals surface area contributed by atoms with Gasteiger partial charge in [-0.1, -0.05) is 29.3 Å². The molecule has 3 nitrogen and oxygen atoms in total. The number of anilines is 1. The molecule has 0 saturated heterocycles. The molecule has 0 spiro atoms. The number of benzene rings is 2. The van der Waals surface area contributed by atoms with E-state index in [0.717, 1.165) is 5.56 Å². The summed E-state index contributed by atoms with van der Waals surface area (Å²) in [5, 5.41) is 0.475. The molecule has 0 atom stereocenters. The molecule has 5 heteroatoms. The lowest BCUT2D eigenvalue weighted by atomic mass is 10.2. The molecule has 2 rings (SSSR count). The Balaban J connectivity index is 2.36. The minimum atomic E-state index is -3.41. The van der Waals surface area contributed by atoms with Crippen molar-refractivity contribution in [3.05, 3.63) is 58.6 Å². The Morgan fingerprint density at radius 2 is 1.74 bits per heavy atom. The molecule has 0 fully saturated rings. The molecule has 19 heavy (non-hydrogen) atoms. The van der Waals surface area contributed by atoms with Crippen LogP contribution in [0.1, 0.15) is 11.1 Å². The molecule has 0 saturated carbocycles. The van der Waals surface area contributed by atoms with Gasteiger partial charge in [-0.2, -0.15) is 0 Å². The van der Waals surface area contributed by atoms with Crippen LogP contribution in [0, 0.1) is 6.92 Å². The third-order valence-electron chi connectivity index (χ3n) is 2.83. The fourth-order valence-electron chi connectivity index (χ4n) is 1.73. The number of hydrogen-bond donors (Lipinski definition) is 1. The largest absolute Gasteiger partial charge is 0.398 e. The van der Waals surface area contributed by atoms with Gasteiger partial charge in [0.2, 0.25) is 0 Å². The fourth-order valence-corrected chi connectivity index (χ4v) is 3.30. The average Bonchev–Trinajstić information content (AvgIpc) is 2.34. The maximum atomic E-state index is 12.3. The molecule has 2 aromatic rings. The molecule has 0 heterocycles. The molecule has 0 amide bonds. The van der Waals surface area contributed by atoms with Crippen LogP contribution in [0.3, 0.4) is 0 Å². The summed E-state index contributed by atoms with van der Waals surface area (Å²) in [7, 11) is -3.41. The van der Waals surface area contributed by atoms with E-state index < -0.39 is 9.84 Å². The van der Waals surface area contributed by atoms with Gasteiger partial charge in [-0.15, -0.1) is 0 Å². The zero-order valence-corrected chi connectivity index (χ0v) is 12.0. The van der Waals surface area contributed by atoms with Gasteiger partial charge in [0, 0.05) is 10.7 Å². The number of hydrogen-bond acceptors (Lipinski definition) is 3. The summed E-state index contributed by atoms with van der Waals surface area (Å²) in [4.78, 5) is 0.289. The fraction of sp³-hybridized carbons (Fsp3) is 0.143. The highest BCUT2D eigenvalue weighted by Crippen LogP contribution is 2.23. The summed E-state index contributed by atoms with van der Waals surface area (Å²) in [6, 6.07) is 11.6. The van der Waals surface area contributed by atoms with Gasteiger partial charge >= 0.3 is 0 Å². The molecule has 0 aliphatic carbocycles. The van der Waals surface area contributed by atoms with E-state index in [1.54, 1.807) is 42.5 Å². The minimum Gasteiger partial charge on any atom is -0.398 e. The van der Waals surface area contributed by atoms with Crippen LogP contribution in [0.15, 0.2) is 47.4 Å². The number of aryl methyl sites for hydroxylation is 1. The summed E-state index contributed by atoms with van der Waals surface area (Å²) >= 11 is 5.86. The first-order valence-corrected chi connectivity index (χ1v) is 7.75. The maximum absolute atomic E-state index is 12.3. The van der Waals surface area contributed by atoms with Gasteiger partial charge in [0.05, 0.1) is 10.6 Å².